The third-order valence-electron chi connectivity index (χ3n) is 1.90. The standard InChI is InChI=1S/C10H15N3O/c1-2-3-6-12-10-8(9(11)14)5-4-7-13-10/h4-5,7H,2-3,6H2,1H3,(H2,11,14)(H,12,13). The summed E-state index contributed by atoms with van der Waals surface area (Å²) in [6, 6.07) is 3.37. The second-order valence-corrected chi connectivity index (χ2v) is 3.04. The maximum absolute atomic E-state index is 11.0. The smallest absolute Gasteiger partial charge is 0.252 e. The highest BCUT2D eigenvalue weighted by Gasteiger charge is 2.06. The molecule has 0 saturated heterocycles. The predicted molar refractivity (Wildman–Crippen MR) is 56.2 cm³/mol. The Bertz CT molecular complexity index is 312. The largest absolute Gasteiger partial charge is 0.369 e. The van der Waals surface area contributed by atoms with Gasteiger partial charge in [-0.3, -0.25) is 4.79 Å². The Morgan fingerprint density at radius 1 is 1.64 bits per heavy atom. The van der Waals surface area contributed by atoms with Crippen LogP contribution in [0.1, 0.15) is 30.1 Å². The minimum absolute atomic E-state index is 0.447. The molecule has 4 nitrogen and oxygen atoms in total. The average Bonchev–Trinajstić information content (AvgIpc) is 2.19. The van der Waals surface area contributed by atoms with Crippen molar-refractivity contribution in [2.75, 3.05) is 11.9 Å². The highest BCUT2D eigenvalue weighted by atomic mass is 16.1. The number of rotatable bonds is 5. The number of aromatic nitrogens is 1. The number of carbonyl (C=O) groups is 1. The topological polar surface area (TPSA) is 68.0 Å². The van der Waals surface area contributed by atoms with E-state index >= 15 is 0 Å². The molecule has 0 aliphatic carbocycles. The zero-order chi connectivity index (χ0) is 10.4. The molecule has 3 N–H and O–H groups in total. The first-order valence-corrected chi connectivity index (χ1v) is 4.74. The lowest BCUT2D eigenvalue weighted by Crippen LogP contribution is -2.15. The Morgan fingerprint density at radius 2 is 2.43 bits per heavy atom. The zero-order valence-electron chi connectivity index (χ0n) is 8.29. The molecule has 1 aromatic rings. The summed E-state index contributed by atoms with van der Waals surface area (Å²) >= 11 is 0. The molecule has 0 spiro atoms. The van der Waals surface area contributed by atoms with Gasteiger partial charge in [0.15, 0.2) is 0 Å². The first-order valence-electron chi connectivity index (χ1n) is 4.74. The van der Waals surface area contributed by atoms with Gasteiger partial charge in [0.2, 0.25) is 0 Å². The number of nitrogens with two attached hydrogens (primary N) is 1. The van der Waals surface area contributed by atoms with Gasteiger partial charge in [-0.1, -0.05) is 13.3 Å². The first-order chi connectivity index (χ1) is 6.75. The molecular weight excluding hydrogens is 178 g/mol. The Balaban J connectivity index is 2.69. The highest BCUT2D eigenvalue weighted by Crippen LogP contribution is 2.10. The molecule has 1 aromatic heterocycles. The lowest BCUT2D eigenvalue weighted by Gasteiger charge is -2.07. The third kappa shape index (κ3) is 2.73. The van der Waals surface area contributed by atoms with E-state index in [9.17, 15) is 4.79 Å². The number of unbranched alkanes of at least 4 members (excludes halogenated alkanes) is 1. The van der Waals surface area contributed by atoms with E-state index < -0.39 is 5.91 Å². The molecule has 0 aromatic carbocycles. The van der Waals surface area contributed by atoms with E-state index in [1.54, 1.807) is 18.3 Å². The van der Waals surface area contributed by atoms with Crippen molar-refractivity contribution in [3.8, 4) is 0 Å². The summed E-state index contributed by atoms with van der Waals surface area (Å²) in [5.41, 5.74) is 5.65. The number of hydrogen-bond donors (Lipinski definition) is 2. The number of pyridine rings is 1. The maximum Gasteiger partial charge on any atom is 0.252 e. The molecule has 0 unspecified atom stereocenters. The minimum Gasteiger partial charge on any atom is -0.369 e. The van der Waals surface area contributed by atoms with Crippen LogP contribution in [0.3, 0.4) is 0 Å². The van der Waals surface area contributed by atoms with E-state index in [2.05, 4.69) is 17.2 Å². The molecule has 1 rings (SSSR count). The summed E-state index contributed by atoms with van der Waals surface area (Å²) in [5.74, 6) is 0.130. The van der Waals surface area contributed by atoms with E-state index in [1.165, 1.54) is 0 Å². The van der Waals surface area contributed by atoms with Crippen molar-refractivity contribution >= 4 is 11.7 Å². The fraction of sp³-hybridized carbons (Fsp3) is 0.400. The summed E-state index contributed by atoms with van der Waals surface area (Å²) in [4.78, 5) is 15.1. The summed E-state index contributed by atoms with van der Waals surface area (Å²) in [5, 5.41) is 3.08. The van der Waals surface area contributed by atoms with Gasteiger partial charge in [-0.15, -0.1) is 0 Å². The Labute approximate surface area is 83.5 Å². The lowest BCUT2D eigenvalue weighted by molar-refractivity contribution is 0.100. The summed E-state index contributed by atoms with van der Waals surface area (Å²) < 4.78 is 0. The van der Waals surface area contributed by atoms with Gasteiger partial charge in [0, 0.05) is 12.7 Å². The van der Waals surface area contributed by atoms with Crippen molar-refractivity contribution in [3.63, 3.8) is 0 Å². The van der Waals surface area contributed by atoms with Crippen molar-refractivity contribution in [1.82, 2.24) is 4.98 Å². The summed E-state index contributed by atoms with van der Waals surface area (Å²) in [7, 11) is 0. The normalized spacial score (nSPS) is 9.79. The summed E-state index contributed by atoms with van der Waals surface area (Å²) in [6.07, 6.45) is 3.79. The third-order valence-corrected chi connectivity index (χ3v) is 1.90. The number of hydrogen-bond acceptors (Lipinski definition) is 3. The zero-order valence-corrected chi connectivity index (χ0v) is 8.29. The number of anilines is 1. The molecule has 0 radical (unpaired) electrons. The van der Waals surface area contributed by atoms with E-state index in [1.807, 2.05) is 0 Å². The van der Waals surface area contributed by atoms with Gasteiger partial charge in [0.1, 0.15) is 5.82 Å². The SMILES string of the molecule is CCCCNc1ncccc1C(N)=O. The number of primary amides is 1. The van der Waals surface area contributed by atoms with Gasteiger partial charge in [0.05, 0.1) is 5.56 Å². The monoisotopic (exact) mass is 193 g/mol. The van der Waals surface area contributed by atoms with Gasteiger partial charge < -0.3 is 11.1 Å². The average molecular weight is 193 g/mol. The molecule has 1 amide bonds. The maximum atomic E-state index is 11.0. The van der Waals surface area contributed by atoms with Gasteiger partial charge in [0.25, 0.3) is 5.91 Å². The number of nitrogens with one attached hydrogen (secondary N) is 1. The molecule has 0 saturated carbocycles. The van der Waals surface area contributed by atoms with E-state index in [0.717, 1.165) is 19.4 Å². The van der Waals surface area contributed by atoms with Gasteiger partial charge in [-0.05, 0) is 18.6 Å². The van der Waals surface area contributed by atoms with Crippen molar-refractivity contribution in [2.45, 2.75) is 19.8 Å². The van der Waals surface area contributed by atoms with Crippen LogP contribution in [0.15, 0.2) is 18.3 Å². The molecule has 0 aliphatic rings. The molecule has 0 bridgehead atoms. The van der Waals surface area contributed by atoms with Crippen molar-refractivity contribution in [1.29, 1.82) is 0 Å². The van der Waals surface area contributed by atoms with Gasteiger partial charge in [-0.2, -0.15) is 0 Å². The first kappa shape index (κ1) is 10.5. The molecular formula is C10H15N3O. The molecule has 0 atom stereocenters. The van der Waals surface area contributed by atoms with Crippen molar-refractivity contribution in [3.05, 3.63) is 23.9 Å². The van der Waals surface area contributed by atoms with Crippen LogP contribution >= 0.6 is 0 Å². The van der Waals surface area contributed by atoms with Gasteiger partial charge >= 0.3 is 0 Å². The molecule has 14 heavy (non-hydrogen) atoms. The van der Waals surface area contributed by atoms with Crippen LogP contribution in [0, 0.1) is 0 Å². The van der Waals surface area contributed by atoms with Crippen LogP contribution in [0.2, 0.25) is 0 Å². The van der Waals surface area contributed by atoms with E-state index in [0.29, 0.717) is 11.4 Å². The van der Waals surface area contributed by atoms with Crippen LogP contribution in [0.4, 0.5) is 5.82 Å². The molecule has 0 aliphatic heterocycles. The Kier molecular flexibility index (Phi) is 3.91. The Morgan fingerprint density at radius 3 is 3.07 bits per heavy atom. The predicted octanol–water partition coefficient (Wildman–Crippen LogP) is 1.39. The van der Waals surface area contributed by atoms with Crippen molar-refractivity contribution in [2.24, 2.45) is 5.73 Å². The van der Waals surface area contributed by atoms with Crippen LogP contribution in [-0.2, 0) is 0 Å². The summed E-state index contributed by atoms with van der Waals surface area (Å²) in [6.45, 7) is 2.92. The van der Waals surface area contributed by atoms with E-state index in [4.69, 9.17) is 5.73 Å². The van der Waals surface area contributed by atoms with Crippen LogP contribution in [0.5, 0.6) is 0 Å². The molecule has 0 fully saturated rings. The fourth-order valence-corrected chi connectivity index (χ4v) is 1.13. The van der Waals surface area contributed by atoms with Crippen LogP contribution in [0.25, 0.3) is 0 Å². The molecule has 1 heterocycles. The quantitative estimate of drug-likeness (QED) is 0.694. The minimum atomic E-state index is -0.447. The van der Waals surface area contributed by atoms with Crippen LogP contribution < -0.4 is 11.1 Å². The second kappa shape index (κ2) is 5.21. The number of amides is 1. The number of nitrogens with zero attached hydrogens (tertiary/aromatic N) is 1. The molecule has 4 heteroatoms. The molecule has 76 valence electrons. The van der Waals surface area contributed by atoms with Crippen LogP contribution in [-0.4, -0.2) is 17.4 Å². The lowest BCUT2D eigenvalue weighted by atomic mass is 10.2. The highest BCUT2D eigenvalue weighted by molar-refractivity contribution is 5.97. The second-order valence-electron chi connectivity index (χ2n) is 3.04. The number of carbonyl (C=O) groups excluding carboxylic acids is 1. The van der Waals surface area contributed by atoms with Gasteiger partial charge in [-0.25, -0.2) is 4.98 Å². The Hall–Kier alpha value is -1.58. The van der Waals surface area contributed by atoms with E-state index in [-0.39, 0.29) is 0 Å². The van der Waals surface area contributed by atoms with Crippen molar-refractivity contribution < 1.29 is 4.79 Å². The fourth-order valence-electron chi connectivity index (χ4n) is 1.13.